The Morgan fingerprint density at radius 1 is 1.28 bits per heavy atom. The Morgan fingerprint density at radius 3 is 2.78 bits per heavy atom. The zero-order chi connectivity index (χ0) is 13.0. The van der Waals surface area contributed by atoms with Crippen LogP contribution in [0.1, 0.15) is 32.1 Å². The molecule has 0 radical (unpaired) electrons. The molecule has 2 rings (SSSR count). The van der Waals surface area contributed by atoms with Gasteiger partial charge >= 0.3 is 0 Å². The summed E-state index contributed by atoms with van der Waals surface area (Å²) in [5, 5.41) is 0. The van der Waals surface area contributed by atoms with E-state index in [9.17, 15) is 8.42 Å². The predicted molar refractivity (Wildman–Crippen MR) is 70.7 cm³/mol. The minimum absolute atomic E-state index is 0.0927. The monoisotopic (exact) mass is 276 g/mol. The summed E-state index contributed by atoms with van der Waals surface area (Å²) < 4.78 is 31.7. The standard InChI is InChI=1S/C12H24N2O3S/c13-6-5-11-3-1-7-14(9-11)18(15,16)10-12-4-2-8-17-12/h11-12H,1-10,13H2. The Labute approximate surface area is 110 Å². The number of sulfonamides is 1. The molecular formula is C12H24N2O3S. The molecule has 2 N–H and O–H groups in total. The first-order chi connectivity index (χ1) is 8.62. The van der Waals surface area contributed by atoms with Crippen molar-refractivity contribution < 1.29 is 13.2 Å². The van der Waals surface area contributed by atoms with Crippen LogP contribution in [0.15, 0.2) is 0 Å². The second kappa shape index (κ2) is 6.32. The van der Waals surface area contributed by atoms with Crippen molar-refractivity contribution in [3.63, 3.8) is 0 Å². The van der Waals surface area contributed by atoms with Crippen molar-refractivity contribution in [3.8, 4) is 0 Å². The van der Waals surface area contributed by atoms with Crippen molar-refractivity contribution in [2.24, 2.45) is 11.7 Å². The molecule has 0 amide bonds. The minimum atomic E-state index is -3.15. The Kier molecular flexibility index (Phi) is 5.00. The lowest BCUT2D eigenvalue weighted by Crippen LogP contribution is -2.43. The zero-order valence-electron chi connectivity index (χ0n) is 10.9. The van der Waals surface area contributed by atoms with E-state index in [4.69, 9.17) is 10.5 Å². The van der Waals surface area contributed by atoms with Crippen molar-refractivity contribution in [2.45, 2.75) is 38.2 Å². The lowest BCUT2D eigenvalue weighted by molar-refractivity contribution is 0.125. The predicted octanol–water partition coefficient (Wildman–Crippen LogP) is 0.556. The van der Waals surface area contributed by atoms with Gasteiger partial charge in [0.2, 0.25) is 10.0 Å². The zero-order valence-corrected chi connectivity index (χ0v) is 11.7. The molecule has 0 saturated carbocycles. The summed E-state index contributed by atoms with van der Waals surface area (Å²) in [6, 6.07) is 0. The van der Waals surface area contributed by atoms with Gasteiger partial charge in [0.1, 0.15) is 0 Å². The summed E-state index contributed by atoms with van der Waals surface area (Å²) >= 11 is 0. The molecule has 2 atom stereocenters. The molecule has 2 aliphatic heterocycles. The number of nitrogens with zero attached hydrogens (tertiary/aromatic N) is 1. The quantitative estimate of drug-likeness (QED) is 0.796. The Hall–Kier alpha value is -0.170. The van der Waals surface area contributed by atoms with E-state index in [2.05, 4.69) is 0 Å². The van der Waals surface area contributed by atoms with Crippen LogP contribution in [0.3, 0.4) is 0 Å². The maximum absolute atomic E-state index is 12.3. The summed E-state index contributed by atoms with van der Waals surface area (Å²) in [7, 11) is -3.15. The topological polar surface area (TPSA) is 72.6 Å². The molecule has 0 bridgehead atoms. The smallest absolute Gasteiger partial charge is 0.216 e. The Bertz CT molecular complexity index is 350. The Balaban J connectivity index is 1.91. The van der Waals surface area contributed by atoms with Gasteiger partial charge in [-0.1, -0.05) is 0 Å². The SMILES string of the molecule is NCCC1CCCN(S(=O)(=O)CC2CCCO2)C1. The highest BCUT2D eigenvalue weighted by Crippen LogP contribution is 2.23. The summed E-state index contributed by atoms with van der Waals surface area (Å²) in [6.45, 7) is 2.66. The first-order valence-corrected chi connectivity index (χ1v) is 8.52. The van der Waals surface area contributed by atoms with Crippen LogP contribution in [0.5, 0.6) is 0 Å². The summed E-state index contributed by atoms with van der Waals surface area (Å²) in [6.07, 6.45) is 4.74. The highest BCUT2D eigenvalue weighted by molar-refractivity contribution is 7.89. The fraction of sp³-hybridized carbons (Fsp3) is 1.00. The van der Waals surface area contributed by atoms with Crippen LogP contribution in [-0.2, 0) is 14.8 Å². The molecule has 0 aliphatic carbocycles. The van der Waals surface area contributed by atoms with Gasteiger partial charge in [-0.05, 0) is 44.6 Å². The van der Waals surface area contributed by atoms with E-state index in [-0.39, 0.29) is 11.9 Å². The van der Waals surface area contributed by atoms with Crippen LogP contribution in [0, 0.1) is 5.92 Å². The highest BCUT2D eigenvalue weighted by atomic mass is 32.2. The van der Waals surface area contributed by atoms with Gasteiger partial charge in [0.25, 0.3) is 0 Å². The van der Waals surface area contributed by atoms with Crippen molar-refractivity contribution in [1.82, 2.24) is 4.31 Å². The van der Waals surface area contributed by atoms with Gasteiger partial charge in [0.15, 0.2) is 0 Å². The number of piperidine rings is 1. The van der Waals surface area contributed by atoms with Gasteiger partial charge in [-0.3, -0.25) is 0 Å². The molecule has 2 saturated heterocycles. The molecule has 2 fully saturated rings. The van der Waals surface area contributed by atoms with Gasteiger partial charge in [0.05, 0.1) is 11.9 Å². The normalized spacial score (nSPS) is 30.7. The van der Waals surface area contributed by atoms with E-state index < -0.39 is 10.0 Å². The molecule has 2 aliphatic rings. The molecule has 0 aromatic heterocycles. The van der Waals surface area contributed by atoms with Gasteiger partial charge < -0.3 is 10.5 Å². The third-order valence-electron chi connectivity index (χ3n) is 3.87. The van der Waals surface area contributed by atoms with Crippen LogP contribution in [0.2, 0.25) is 0 Å². The fourth-order valence-electron chi connectivity index (χ4n) is 2.87. The molecule has 0 aromatic carbocycles. The molecule has 0 spiro atoms. The van der Waals surface area contributed by atoms with E-state index in [0.717, 1.165) is 32.1 Å². The van der Waals surface area contributed by atoms with Crippen LogP contribution in [0.4, 0.5) is 0 Å². The highest BCUT2D eigenvalue weighted by Gasteiger charge is 2.31. The molecule has 106 valence electrons. The molecule has 6 heteroatoms. The van der Waals surface area contributed by atoms with E-state index in [1.165, 1.54) is 0 Å². The fourth-order valence-corrected chi connectivity index (χ4v) is 4.66. The molecular weight excluding hydrogens is 252 g/mol. The Morgan fingerprint density at radius 2 is 2.11 bits per heavy atom. The maximum atomic E-state index is 12.3. The first-order valence-electron chi connectivity index (χ1n) is 6.91. The van der Waals surface area contributed by atoms with Crippen LogP contribution < -0.4 is 5.73 Å². The second-order valence-electron chi connectivity index (χ2n) is 5.36. The van der Waals surface area contributed by atoms with Crippen LogP contribution in [0.25, 0.3) is 0 Å². The molecule has 5 nitrogen and oxygen atoms in total. The van der Waals surface area contributed by atoms with E-state index in [0.29, 0.717) is 32.2 Å². The van der Waals surface area contributed by atoms with E-state index in [1.54, 1.807) is 4.31 Å². The molecule has 2 unspecified atom stereocenters. The number of hydrogen-bond acceptors (Lipinski definition) is 4. The van der Waals surface area contributed by atoms with Crippen molar-refractivity contribution in [3.05, 3.63) is 0 Å². The number of hydrogen-bond donors (Lipinski definition) is 1. The lowest BCUT2D eigenvalue weighted by atomic mass is 9.96. The molecule has 18 heavy (non-hydrogen) atoms. The number of rotatable bonds is 5. The van der Waals surface area contributed by atoms with Gasteiger partial charge in [0, 0.05) is 19.7 Å². The van der Waals surface area contributed by atoms with E-state index in [1.807, 2.05) is 0 Å². The van der Waals surface area contributed by atoms with E-state index >= 15 is 0 Å². The maximum Gasteiger partial charge on any atom is 0.216 e. The molecule has 2 heterocycles. The third kappa shape index (κ3) is 3.66. The average molecular weight is 276 g/mol. The van der Waals surface area contributed by atoms with Crippen LogP contribution >= 0.6 is 0 Å². The summed E-state index contributed by atoms with van der Waals surface area (Å²) in [5.74, 6) is 0.588. The van der Waals surface area contributed by atoms with Gasteiger partial charge in [-0.15, -0.1) is 0 Å². The number of ether oxygens (including phenoxy) is 1. The second-order valence-corrected chi connectivity index (χ2v) is 7.37. The summed E-state index contributed by atoms with van der Waals surface area (Å²) in [5.41, 5.74) is 5.56. The lowest BCUT2D eigenvalue weighted by Gasteiger charge is -2.32. The van der Waals surface area contributed by atoms with Crippen LogP contribution in [-0.4, -0.2) is 50.8 Å². The first kappa shape index (κ1) is 14.2. The van der Waals surface area contributed by atoms with Crippen molar-refractivity contribution >= 4 is 10.0 Å². The van der Waals surface area contributed by atoms with Crippen molar-refractivity contribution in [1.29, 1.82) is 0 Å². The van der Waals surface area contributed by atoms with Gasteiger partial charge in [-0.25, -0.2) is 12.7 Å². The van der Waals surface area contributed by atoms with Gasteiger partial charge in [-0.2, -0.15) is 0 Å². The third-order valence-corrected chi connectivity index (χ3v) is 5.78. The summed E-state index contributed by atoms with van der Waals surface area (Å²) in [4.78, 5) is 0. The van der Waals surface area contributed by atoms with Crippen molar-refractivity contribution in [2.75, 3.05) is 32.0 Å². The number of nitrogens with two attached hydrogens (primary N) is 1. The molecule has 0 aromatic rings. The average Bonchev–Trinajstić information content (AvgIpc) is 2.82. The minimum Gasteiger partial charge on any atom is -0.377 e. The largest absolute Gasteiger partial charge is 0.377 e.